The third-order valence-corrected chi connectivity index (χ3v) is 6.85. The van der Waals surface area contributed by atoms with Gasteiger partial charge in [0, 0.05) is 25.2 Å². The average Bonchev–Trinajstić information content (AvgIpc) is 2.62. The summed E-state index contributed by atoms with van der Waals surface area (Å²) in [4.78, 5) is 25.6. The second-order valence-electron chi connectivity index (χ2n) is 6.39. The Balaban J connectivity index is 2.39. The lowest BCUT2D eigenvalue weighted by Crippen LogP contribution is -2.49. The Morgan fingerprint density at radius 2 is 1.96 bits per heavy atom. The molecule has 1 aliphatic rings. The van der Waals surface area contributed by atoms with Crippen molar-refractivity contribution in [3.8, 4) is 0 Å². The van der Waals surface area contributed by atoms with E-state index in [4.69, 9.17) is 9.84 Å². The Morgan fingerprint density at radius 3 is 2.56 bits per heavy atom. The van der Waals surface area contributed by atoms with Crippen LogP contribution in [0.1, 0.15) is 36.2 Å². The summed E-state index contributed by atoms with van der Waals surface area (Å²) in [6.45, 7) is 6.61. The van der Waals surface area contributed by atoms with E-state index in [2.05, 4.69) is 0 Å². The fraction of sp³-hybridized carbons (Fsp3) is 0.556. The predicted octanol–water partition coefficient (Wildman–Crippen LogP) is 1.34. The molecular weight excluding hydrogens is 372 g/mol. The van der Waals surface area contributed by atoms with Gasteiger partial charge in [-0.3, -0.25) is 9.59 Å². The molecule has 1 saturated heterocycles. The quantitative estimate of drug-likeness (QED) is 0.743. The van der Waals surface area contributed by atoms with Crippen molar-refractivity contribution < 1.29 is 27.9 Å². The van der Waals surface area contributed by atoms with E-state index in [9.17, 15) is 18.0 Å². The Morgan fingerprint density at radius 1 is 1.30 bits per heavy atom. The number of aliphatic carboxylic acids is 1. The summed E-state index contributed by atoms with van der Waals surface area (Å²) >= 11 is 0. The lowest BCUT2D eigenvalue weighted by Gasteiger charge is -2.35. The van der Waals surface area contributed by atoms with Gasteiger partial charge in [-0.15, -0.1) is 0 Å². The lowest BCUT2D eigenvalue weighted by molar-refractivity contribution is -0.139. The second-order valence-corrected chi connectivity index (χ2v) is 8.30. The van der Waals surface area contributed by atoms with Gasteiger partial charge in [0.15, 0.2) is 0 Å². The van der Waals surface area contributed by atoms with Gasteiger partial charge in [0.1, 0.15) is 0 Å². The number of amides is 1. The number of aryl methyl sites for hydroxylation is 1. The van der Waals surface area contributed by atoms with Crippen molar-refractivity contribution in [2.75, 3.05) is 32.8 Å². The molecule has 0 saturated carbocycles. The van der Waals surface area contributed by atoms with Crippen LogP contribution in [0.4, 0.5) is 0 Å². The molecule has 1 atom stereocenters. The zero-order valence-electron chi connectivity index (χ0n) is 15.8. The number of hydrogen-bond acceptors (Lipinski definition) is 5. The summed E-state index contributed by atoms with van der Waals surface area (Å²) < 4.78 is 32.4. The lowest BCUT2D eigenvalue weighted by atomic mass is 10.1. The standard InChI is InChI=1S/C18H26N2O6S/c1-4-19(5-2)27(24,25)16-10-14(7-6-13(16)3)18(23)20-8-9-26-12-15(20)11-17(21)22/h6-7,10,15H,4-5,8-9,11-12H2,1-3H3,(H,21,22). The molecule has 1 N–H and O–H groups in total. The van der Waals surface area contributed by atoms with Crippen molar-refractivity contribution >= 4 is 21.9 Å². The fourth-order valence-electron chi connectivity index (χ4n) is 3.17. The van der Waals surface area contributed by atoms with E-state index >= 15 is 0 Å². The van der Waals surface area contributed by atoms with Gasteiger partial charge in [-0.25, -0.2) is 8.42 Å². The minimum atomic E-state index is -3.71. The number of carboxylic acid groups (broad SMARTS) is 1. The first-order valence-corrected chi connectivity index (χ1v) is 10.4. The van der Waals surface area contributed by atoms with Crippen molar-refractivity contribution in [3.63, 3.8) is 0 Å². The first kappa shape index (κ1) is 21.3. The molecule has 1 fully saturated rings. The van der Waals surface area contributed by atoms with Crippen LogP contribution in [0.5, 0.6) is 0 Å². The SMILES string of the molecule is CCN(CC)S(=O)(=O)c1cc(C(=O)N2CCOCC2CC(=O)O)ccc1C. The second kappa shape index (κ2) is 8.81. The molecule has 0 aliphatic carbocycles. The fourth-order valence-corrected chi connectivity index (χ4v) is 4.88. The van der Waals surface area contributed by atoms with E-state index in [1.54, 1.807) is 32.9 Å². The van der Waals surface area contributed by atoms with Crippen LogP contribution < -0.4 is 0 Å². The van der Waals surface area contributed by atoms with Gasteiger partial charge < -0.3 is 14.7 Å². The molecule has 150 valence electrons. The monoisotopic (exact) mass is 398 g/mol. The number of nitrogens with zero attached hydrogens (tertiary/aromatic N) is 2. The summed E-state index contributed by atoms with van der Waals surface area (Å²) in [6, 6.07) is 3.99. The minimum absolute atomic E-state index is 0.0973. The Labute approximate surface area is 159 Å². The maximum absolute atomic E-state index is 13.0. The van der Waals surface area contributed by atoms with Crippen LogP contribution in [0.3, 0.4) is 0 Å². The topological polar surface area (TPSA) is 104 Å². The van der Waals surface area contributed by atoms with Crippen molar-refractivity contribution in [1.29, 1.82) is 0 Å². The molecule has 9 heteroatoms. The van der Waals surface area contributed by atoms with E-state index in [-0.39, 0.29) is 35.9 Å². The van der Waals surface area contributed by atoms with Gasteiger partial charge in [0.25, 0.3) is 5.91 Å². The Kier molecular flexibility index (Phi) is 6.96. The van der Waals surface area contributed by atoms with Crippen LogP contribution in [-0.2, 0) is 19.6 Å². The molecule has 1 heterocycles. The smallest absolute Gasteiger partial charge is 0.305 e. The highest BCUT2D eigenvalue weighted by molar-refractivity contribution is 7.89. The summed E-state index contributed by atoms with van der Waals surface area (Å²) in [5, 5.41) is 9.06. The number of benzene rings is 1. The normalized spacial score (nSPS) is 17.9. The molecule has 2 rings (SSSR count). The molecule has 1 unspecified atom stereocenters. The first-order chi connectivity index (χ1) is 12.7. The largest absolute Gasteiger partial charge is 0.481 e. The van der Waals surface area contributed by atoms with E-state index in [0.29, 0.717) is 25.3 Å². The number of sulfonamides is 1. The summed E-state index contributed by atoms with van der Waals surface area (Å²) in [5.74, 6) is -1.41. The van der Waals surface area contributed by atoms with Crippen molar-refractivity contribution in [2.45, 2.75) is 38.1 Å². The molecule has 1 amide bonds. The third kappa shape index (κ3) is 4.66. The molecule has 1 aliphatic heterocycles. The van der Waals surface area contributed by atoms with Gasteiger partial charge in [-0.2, -0.15) is 4.31 Å². The Hall–Kier alpha value is -1.97. The maximum Gasteiger partial charge on any atom is 0.305 e. The predicted molar refractivity (Wildman–Crippen MR) is 99.2 cm³/mol. The van der Waals surface area contributed by atoms with E-state index in [1.165, 1.54) is 15.3 Å². The van der Waals surface area contributed by atoms with Crippen LogP contribution in [-0.4, -0.2) is 73.5 Å². The van der Waals surface area contributed by atoms with E-state index in [0.717, 1.165) is 0 Å². The average molecular weight is 398 g/mol. The molecule has 27 heavy (non-hydrogen) atoms. The number of carbonyl (C=O) groups is 2. The zero-order chi connectivity index (χ0) is 20.2. The highest BCUT2D eigenvalue weighted by atomic mass is 32.2. The molecule has 0 spiro atoms. The number of hydrogen-bond donors (Lipinski definition) is 1. The van der Waals surface area contributed by atoms with Crippen LogP contribution in [0.25, 0.3) is 0 Å². The van der Waals surface area contributed by atoms with Gasteiger partial charge in [-0.05, 0) is 24.6 Å². The van der Waals surface area contributed by atoms with Crippen LogP contribution in [0, 0.1) is 6.92 Å². The highest BCUT2D eigenvalue weighted by Gasteiger charge is 2.31. The molecule has 0 aromatic heterocycles. The summed E-state index contributed by atoms with van der Waals surface area (Å²) in [7, 11) is -3.71. The number of rotatable bonds is 7. The van der Waals surface area contributed by atoms with E-state index < -0.39 is 22.0 Å². The summed E-state index contributed by atoms with van der Waals surface area (Å²) in [5.41, 5.74) is 0.783. The van der Waals surface area contributed by atoms with Crippen molar-refractivity contribution in [1.82, 2.24) is 9.21 Å². The maximum atomic E-state index is 13.0. The van der Waals surface area contributed by atoms with Gasteiger partial charge in [0.2, 0.25) is 10.0 Å². The minimum Gasteiger partial charge on any atom is -0.481 e. The van der Waals surface area contributed by atoms with Crippen LogP contribution in [0.15, 0.2) is 23.1 Å². The van der Waals surface area contributed by atoms with E-state index in [1.807, 2.05) is 0 Å². The molecular formula is C18H26N2O6S. The van der Waals surface area contributed by atoms with Crippen LogP contribution in [0.2, 0.25) is 0 Å². The van der Waals surface area contributed by atoms with Crippen LogP contribution >= 0.6 is 0 Å². The van der Waals surface area contributed by atoms with Gasteiger partial charge in [0.05, 0.1) is 30.6 Å². The third-order valence-electron chi connectivity index (χ3n) is 4.66. The molecule has 8 nitrogen and oxygen atoms in total. The summed E-state index contributed by atoms with van der Waals surface area (Å²) in [6.07, 6.45) is -0.220. The van der Waals surface area contributed by atoms with Gasteiger partial charge >= 0.3 is 5.97 Å². The zero-order valence-corrected chi connectivity index (χ0v) is 16.7. The first-order valence-electron chi connectivity index (χ1n) is 8.93. The Bertz CT molecular complexity index is 804. The molecule has 0 bridgehead atoms. The van der Waals surface area contributed by atoms with Crippen molar-refractivity contribution in [2.24, 2.45) is 0 Å². The molecule has 0 radical (unpaired) electrons. The highest BCUT2D eigenvalue weighted by Crippen LogP contribution is 2.23. The molecule has 1 aromatic rings. The number of ether oxygens (including phenoxy) is 1. The number of carbonyl (C=O) groups excluding carboxylic acids is 1. The van der Waals surface area contributed by atoms with Crippen molar-refractivity contribution in [3.05, 3.63) is 29.3 Å². The number of carboxylic acids is 1. The van der Waals surface area contributed by atoms with Gasteiger partial charge in [-0.1, -0.05) is 19.9 Å². The molecule has 1 aromatic carbocycles. The number of morpholine rings is 1.